The van der Waals surface area contributed by atoms with Gasteiger partial charge in [0.05, 0.1) is 3.55 Å². The molecule has 3 nitrogen and oxygen atoms in total. The molecule has 4 heteroatoms. The highest BCUT2D eigenvalue weighted by Gasteiger charge is 2.36. The summed E-state index contributed by atoms with van der Waals surface area (Å²) >= 11 is 2.33. The minimum Gasteiger partial charge on any atom is -0.375 e. The van der Waals surface area contributed by atoms with E-state index < -0.39 is 0 Å². The monoisotopic (exact) mass is 283 g/mol. The van der Waals surface area contributed by atoms with Gasteiger partial charge in [0.25, 0.3) is 0 Å². The molecule has 1 rings (SSSR count). The number of hydrogen-bond donors (Lipinski definition) is 0. The molecule has 12 heavy (non-hydrogen) atoms. The Labute approximate surface area is 86.6 Å². The number of carbonyl (C=O) groups excluding carboxylic acids is 1. The third-order valence-electron chi connectivity index (χ3n) is 2.15. The molecule has 0 radical (unpaired) electrons. The second kappa shape index (κ2) is 3.91. The lowest BCUT2D eigenvalue weighted by molar-refractivity contribution is -0.136. The van der Waals surface area contributed by atoms with Gasteiger partial charge in [-0.05, 0) is 19.8 Å². The number of alkyl halides is 1. The molecule has 0 aromatic heterocycles. The van der Waals surface area contributed by atoms with E-state index in [1.54, 1.807) is 7.11 Å². The average Bonchev–Trinajstić information content (AvgIpc) is 2.30. The maximum atomic E-state index is 11.5. The molecule has 0 aromatic carbocycles. The molecule has 0 unspecified atom stereocenters. The summed E-state index contributed by atoms with van der Waals surface area (Å²) < 4.78 is 4.82. The Morgan fingerprint density at radius 2 is 2.42 bits per heavy atom. The highest BCUT2D eigenvalue weighted by atomic mass is 127. The van der Waals surface area contributed by atoms with Gasteiger partial charge in [-0.15, -0.1) is 0 Å². The molecule has 1 amide bonds. The van der Waals surface area contributed by atoms with Crippen LogP contribution in [0.3, 0.4) is 0 Å². The van der Waals surface area contributed by atoms with Crippen LogP contribution in [0.1, 0.15) is 19.8 Å². The van der Waals surface area contributed by atoms with Crippen molar-refractivity contribution in [2.75, 3.05) is 20.3 Å². The largest absolute Gasteiger partial charge is 0.375 e. The fourth-order valence-corrected chi connectivity index (χ4v) is 2.41. The molecule has 0 N–H and O–H groups in total. The molecule has 0 saturated carbocycles. The lowest BCUT2D eigenvalue weighted by Gasteiger charge is -2.29. The maximum absolute atomic E-state index is 11.5. The Bertz CT molecular complexity index is 182. The molecule has 1 aliphatic rings. The number of ether oxygens (including phenoxy) is 1. The number of carbonyl (C=O) groups is 1. The molecule has 0 aromatic rings. The van der Waals surface area contributed by atoms with Crippen LogP contribution in [-0.2, 0) is 9.53 Å². The van der Waals surface area contributed by atoms with Crippen molar-refractivity contribution in [3.8, 4) is 0 Å². The summed E-state index contributed by atoms with van der Waals surface area (Å²) in [5.74, 6) is 0.104. The Kier molecular flexibility index (Phi) is 3.34. The smallest absolute Gasteiger partial charge is 0.249 e. The molecule has 0 bridgehead atoms. The number of rotatable bonds is 2. The number of nitrogens with zero attached hydrogens (tertiary/aromatic N) is 1. The number of amides is 1. The van der Waals surface area contributed by atoms with Crippen molar-refractivity contribution >= 4 is 28.5 Å². The maximum Gasteiger partial charge on any atom is 0.249 e. The molecule has 1 saturated heterocycles. The second-order valence-corrected chi connectivity index (χ2v) is 5.55. The zero-order chi connectivity index (χ0) is 9.19. The zero-order valence-corrected chi connectivity index (χ0v) is 9.63. The first-order valence-electron chi connectivity index (χ1n) is 4.06. The van der Waals surface area contributed by atoms with Gasteiger partial charge in [0.1, 0.15) is 6.61 Å². The van der Waals surface area contributed by atoms with Gasteiger partial charge in [0, 0.05) is 13.7 Å². The van der Waals surface area contributed by atoms with E-state index in [1.165, 1.54) is 0 Å². The van der Waals surface area contributed by atoms with E-state index in [0.717, 1.165) is 19.4 Å². The molecule has 0 aliphatic carbocycles. The van der Waals surface area contributed by atoms with Gasteiger partial charge in [-0.3, -0.25) is 4.79 Å². The van der Waals surface area contributed by atoms with E-state index in [-0.39, 0.29) is 16.1 Å². The number of methoxy groups -OCH3 is 1. The van der Waals surface area contributed by atoms with Crippen molar-refractivity contribution in [1.29, 1.82) is 0 Å². The van der Waals surface area contributed by atoms with Crippen molar-refractivity contribution in [3.63, 3.8) is 0 Å². The van der Waals surface area contributed by atoms with Gasteiger partial charge in [0.15, 0.2) is 0 Å². The van der Waals surface area contributed by atoms with E-state index in [0.29, 0.717) is 0 Å². The summed E-state index contributed by atoms with van der Waals surface area (Å²) in [6, 6.07) is 0. The van der Waals surface area contributed by atoms with Gasteiger partial charge in [-0.2, -0.15) is 0 Å². The second-order valence-electron chi connectivity index (χ2n) is 3.22. The third-order valence-corrected chi connectivity index (χ3v) is 3.27. The Morgan fingerprint density at radius 3 is 2.83 bits per heavy atom. The van der Waals surface area contributed by atoms with Crippen molar-refractivity contribution in [3.05, 3.63) is 0 Å². The van der Waals surface area contributed by atoms with Crippen molar-refractivity contribution < 1.29 is 9.53 Å². The van der Waals surface area contributed by atoms with Crippen LogP contribution in [-0.4, -0.2) is 34.6 Å². The summed E-state index contributed by atoms with van der Waals surface area (Å²) in [7, 11) is 1.55. The predicted octanol–water partition coefficient (Wildman–Crippen LogP) is 1.41. The molecule has 1 atom stereocenters. The molecule has 1 fully saturated rings. The summed E-state index contributed by atoms with van der Waals surface area (Å²) in [6.07, 6.45) is 2.19. The van der Waals surface area contributed by atoms with Crippen LogP contribution in [0.4, 0.5) is 0 Å². The number of hydrogen-bond acceptors (Lipinski definition) is 2. The highest BCUT2D eigenvalue weighted by molar-refractivity contribution is 14.1. The van der Waals surface area contributed by atoms with Crippen LogP contribution in [0, 0.1) is 0 Å². The van der Waals surface area contributed by atoms with E-state index in [1.807, 2.05) is 4.90 Å². The lowest BCUT2D eigenvalue weighted by Crippen LogP contribution is -2.42. The minimum absolute atomic E-state index is 0.00731. The first-order chi connectivity index (χ1) is 5.58. The topological polar surface area (TPSA) is 29.5 Å². The van der Waals surface area contributed by atoms with E-state index in [9.17, 15) is 4.79 Å². The third kappa shape index (κ3) is 2.10. The minimum atomic E-state index is 0.00731. The Hall–Kier alpha value is 0.160. The highest BCUT2D eigenvalue weighted by Crippen LogP contribution is 2.34. The molecule has 1 heterocycles. The van der Waals surface area contributed by atoms with Crippen LogP contribution in [0.15, 0.2) is 0 Å². The van der Waals surface area contributed by atoms with Crippen molar-refractivity contribution in [2.45, 2.75) is 23.3 Å². The lowest BCUT2D eigenvalue weighted by atomic mass is 10.2. The Balaban J connectivity index is 2.56. The zero-order valence-electron chi connectivity index (χ0n) is 7.47. The fraction of sp³-hybridized carbons (Fsp3) is 0.875. The molecular formula is C8H14INO2. The fourth-order valence-electron chi connectivity index (χ4n) is 1.51. The van der Waals surface area contributed by atoms with Crippen molar-refractivity contribution in [1.82, 2.24) is 4.90 Å². The van der Waals surface area contributed by atoms with Crippen LogP contribution in [0.5, 0.6) is 0 Å². The van der Waals surface area contributed by atoms with Gasteiger partial charge in [0.2, 0.25) is 5.91 Å². The molecule has 0 spiro atoms. The standard InChI is InChI=1S/C8H14INO2/c1-8(9)4-3-5-10(8)7(11)6-12-2/h3-6H2,1-2H3/t8-/m0/s1. The molecular weight excluding hydrogens is 269 g/mol. The van der Waals surface area contributed by atoms with E-state index in [4.69, 9.17) is 4.74 Å². The normalized spacial score (nSPS) is 29.4. The van der Waals surface area contributed by atoms with Crippen LogP contribution < -0.4 is 0 Å². The summed E-state index contributed by atoms with van der Waals surface area (Å²) in [5.41, 5.74) is 0. The van der Waals surface area contributed by atoms with E-state index in [2.05, 4.69) is 29.5 Å². The van der Waals surface area contributed by atoms with Gasteiger partial charge in [-0.25, -0.2) is 0 Å². The summed E-state index contributed by atoms with van der Waals surface area (Å²) in [6.45, 7) is 3.17. The molecule has 1 aliphatic heterocycles. The van der Waals surface area contributed by atoms with Gasteiger partial charge in [-0.1, -0.05) is 22.6 Å². The first-order valence-corrected chi connectivity index (χ1v) is 5.14. The summed E-state index contributed by atoms with van der Waals surface area (Å²) in [4.78, 5) is 13.4. The average molecular weight is 283 g/mol. The quantitative estimate of drug-likeness (QED) is 0.435. The predicted molar refractivity (Wildman–Crippen MR) is 55.2 cm³/mol. The van der Waals surface area contributed by atoms with Gasteiger partial charge >= 0.3 is 0 Å². The number of likely N-dealkylation sites (tertiary alicyclic amines) is 1. The van der Waals surface area contributed by atoms with Crippen LogP contribution in [0.25, 0.3) is 0 Å². The van der Waals surface area contributed by atoms with E-state index >= 15 is 0 Å². The molecule has 70 valence electrons. The van der Waals surface area contributed by atoms with Crippen molar-refractivity contribution in [2.24, 2.45) is 0 Å². The Morgan fingerprint density at radius 1 is 1.75 bits per heavy atom. The first kappa shape index (κ1) is 10.2. The summed E-state index contributed by atoms with van der Waals surface area (Å²) in [5, 5.41) is 0. The number of halogens is 1. The van der Waals surface area contributed by atoms with Crippen LogP contribution in [0.2, 0.25) is 0 Å². The van der Waals surface area contributed by atoms with Crippen LogP contribution >= 0.6 is 22.6 Å². The SMILES string of the molecule is COCC(=O)N1CCC[C@@]1(C)I. The van der Waals surface area contributed by atoms with Gasteiger partial charge < -0.3 is 9.64 Å².